The molecule has 5 rings (SSSR count). The molecular formula is C21H29N3OS. The highest BCUT2D eigenvalue weighted by molar-refractivity contribution is 8.12. The molecule has 4 aliphatic rings. The number of nitrogens with two attached hydrogens (primary N) is 1. The van der Waals surface area contributed by atoms with Crippen molar-refractivity contribution in [2.24, 2.45) is 28.5 Å². The lowest BCUT2D eigenvalue weighted by Crippen LogP contribution is -2.48. The quantitative estimate of drug-likeness (QED) is 0.583. The Morgan fingerprint density at radius 1 is 1.23 bits per heavy atom. The Morgan fingerprint density at radius 2 is 1.81 bits per heavy atom. The molecule has 1 atom stereocenters. The molecule has 5 heteroatoms. The zero-order valence-electron chi connectivity index (χ0n) is 15.5. The van der Waals surface area contributed by atoms with Gasteiger partial charge in [0.2, 0.25) is 5.91 Å². The van der Waals surface area contributed by atoms with Crippen molar-refractivity contribution in [3.63, 3.8) is 0 Å². The predicted molar refractivity (Wildman–Crippen MR) is 110 cm³/mol. The van der Waals surface area contributed by atoms with Crippen LogP contribution in [0.1, 0.15) is 51.0 Å². The van der Waals surface area contributed by atoms with Gasteiger partial charge in [-0.25, -0.2) is 0 Å². The normalized spacial score (nSPS) is 33.5. The van der Waals surface area contributed by atoms with E-state index in [0.717, 1.165) is 23.4 Å². The van der Waals surface area contributed by atoms with Gasteiger partial charge in [-0.2, -0.15) is 0 Å². The first kappa shape index (κ1) is 18.1. The molecule has 0 aliphatic heterocycles. The van der Waals surface area contributed by atoms with Gasteiger partial charge in [-0.15, -0.1) is 11.8 Å². The zero-order valence-corrected chi connectivity index (χ0v) is 16.3. The summed E-state index contributed by atoms with van der Waals surface area (Å²) in [7, 11) is 0. The molecule has 0 saturated heterocycles. The Kier molecular flexibility index (Phi) is 5.11. The van der Waals surface area contributed by atoms with Gasteiger partial charge in [0.1, 0.15) is 0 Å². The van der Waals surface area contributed by atoms with E-state index < -0.39 is 0 Å². The molecule has 4 nitrogen and oxygen atoms in total. The fourth-order valence-electron chi connectivity index (χ4n) is 5.82. The fourth-order valence-corrected chi connectivity index (χ4v) is 6.40. The van der Waals surface area contributed by atoms with Gasteiger partial charge < -0.3 is 11.1 Å². The smallest absolute Gasteiger partial charge is 0.234 e. The molecule has 0 radical (unpaired) electrons. The molecule has 1 amide bonds. The summed E-state index contributed by atoms with van der Waals surface area (Å²) in [5.41, 5.74) is 9.99. The average molecular weight is 372 g/mol. The SMILES string of the molecule is CC(N)N=CSCC(=O)Nc1ccc(C23CC4CC(CC(C4)C2)C3)cc1. The number of carbonyl (C=O) groups excluding carboxylic acids is 1. The molecule has 1 aromatic rings. The van der Waals surface area contributed by atoms with Gasteiger partial charge in [0.15, 0.2) is 0 Å². The van der Waals surface area contributed by atoms with E-state index in [4.69, 9.17) is 5.73 Å². The summed E-state index contributed by atoms with van der Waals surface area (Å²) in [6, 6.07) is 8.67. The Balaban J connectivity index is 1.36. The summed E-state index contributed by atoms with van der Waals surface area (Å²) in [6.45, 7) is 1.81. The molecule has 26 heavy (non-hydrogen) atoms. The number of hydrogen-bond acceptors (Lipinski definition) is 4. The Labute approximate surface area is 160 Å². The molecule has 4 bridgehead atoms. The van der Waals surface area contributed by atoms with Gasteiger partial charge in [0.25, 0.3) is 0 Å². The van der Waals surface area contributed by atoms with Crippen LogP contribution >= 0.6 is 11.8 Å². The van der Waals surface area contributed by atoms with Crippen molar-refractivity contribution in [3.8, 4) is 0 Å². The molecule has 0 heterocycles. The molecule has 0 aromatic heterocycles. The molecule has 140 valence electrons. The van der Waals surface area contributed by atoms with E-state index >= 15 is 0 Å². The number of aliphatic imine (C=N–C) groups is 1. The maximum atomic E-state index is 12.0. The van der Waals surface area contributed by atoms with Crippen LogP contribution in [-0.4, -0.2) is 23.4 Å². The van der Waals surface area contributed by atoms with Crippen LogP contribution < -0.4 is 11.1 Å². The van der Waals surface area contributed by atoms with Crippen molar-refractivity contribution in [1.29, 1.82) is 0 Å². The van der Waals surface area contributed by atoms with Crippen molar-refractivity contribution in [2.75, 3.05) is 11.1 Å². The zero-order chi connectivity index (χ0) is 18.1. The van der Waals surface area contributed by atoms with Crippen LogP contribution in [0.15, 0.2) is 29.3 Å². The Hall–Kier alpha value is -1.33. The lowest BCUT2D eigenvalue weighted by Gasteiger charge is -2.57. The molecule has 4 aliphatic carbocycles. The van der Waals surface area contributed by atoms with E-state index in [9.17, 15) is 4.79 Å². The monoisotopic (exact) mass is 371 g/mol. The summed E-state index contributed by atoms with van der Waals surface area (Å²) in [6.07, 6.45) is 8.31. The highest BCUT2D eigenvalue weighted by Gasteiger charge is 2.51. The van der Waals surface area contributed by atoms with Gasteiger partial charge in [-0.1, -0.05) is 12.1 Å². The minimum absolute atomic E-state index is 0.00585. The number of carbonyl (C=O) groups is 1. The summed E-state index contributed by atoms with van der Waals surface area (Å²) in [5.74, 6) is 3.21. The highest BCUT2D eigenvalue weighted by Crippen LogP contribution is 2.60. The third-order valence-corrected chi connectivity index (χ3v) is 7.10. The number of amides is 1. The van der Waals surface area contributed by atoms with E-state index in [-0.39, 0.29) is 12.1 Å². The second kappa shape index (κ2) is 7.35. The van der Waals surface area contributed by atoms with Crippen LogP contribution in [0.2, 0.25) is 0 Å². The van der Waals surface area contributed by atoms with E-state index in [1.807, 2.05) is 6.92 Å². The number of benzene rings is 1. The Morgan fingerprint density at radius 3 is 2.35 bits per heavy atom. The molecule has 3 N–H and O–H groups in total. The van der Waals surface area contributed by atoms with Crippen LogP contribution in [-0.2, 0) is 10.2 Å². The molecular weight excluding hydrogens is 342 g/mol. The first-order valence-corrected chi connectivity index (χ1v) is 10.9. The number of rotatable bonds is 6. The summed E-state index contributed by atoms with van der Waals surface area (Å²) in [4.78, 5) is 16.1. The summed E-state index contributed by atoms with van der Waals surface area (Å²) >= 11 is 1.37. The number of thioether (sulfide) groups is 1. The van der Waals surface area contributed by atoms with E-state index in [0.29, 0.717) is 11.2 Å². The second-order valence-electron chi connectivity index (χ2n) is 8.63. The first-order chi connectivity index (χ1) is 12.5. The van der Waals surface area contributed by atoms with Crippen LogP contribution in [0.25, 0.3) is 0 Å². The Bertz CT molecular complexity index is 648. The van der Waals surface area contributed by atoms with Crippen molar-refractivity contribution in [1.82, 2.24) is 0 Å². The maximum Gasteiger partial charge on any atom is 0.234 e. The second-order valence-corrected chi connectivity index (χ2v) is 9.46. The van der Waals surface area contributed by atoms with Gasteiger partial charge >= 0.3 is 0 Å². The molecule has 4 saturated carbocycles. The van der Waals surface area contributed by atoms with Gasteiger partial charge in [-0.05, 0) is 86.3 Å². The number of anilines is 1. The molecule has 1 aromatic carbocycles. The number of hydrogen-bond donors (Lipinski definition) is 2. The van der Waals surface area contributed by atoms with Crippen LogP contribution in [0.4, 0.5) is 5.69 Å². The lowest BCUT2D eigenvalue weighted by molar-refractivity contribution is -0.113. The minimum atomic E-state index is -0.220. The van der Waals surface area contributed by atoms with Crippen molar-refractivity contribution < 1.29 is 4.79 Å². The minimum Gasteiger partial charge on any atom is -0.325 e. The maximum absolute atomic E-state index is 12.0. The molecule has 1 unspecified atom stereocenters. The first-order valence-electron chi connectivity index (χ1n) is 9.82. The summed E-state index contributed by atoms with van der Waals surface area (Å²) < 4.78 is 0. The van der Waals surface area contributed by atoms with E-state index in [1.54, 1.807) is 5.55 Å². The lowest BCUT2D eigenvalue weighted by atomic mass is 9.48. The molecule has 0 spiro atoms. The van der Waals surface area contributed by atoms with Crippen LogP contribution in [0, 0.1) is 17.8 Å². The van der Waals surface area contributed by atoms with Gasteiger partial charge in [0.05, 0.1) is 17.5 Å². The van der Waals surface area contributed by atoms with E-state index in [2.05, 4.69) is 34.6 Å². The number of nitrogens with zero attached hydrogens (tertiary/aromatic N) is 1. The largest absolute Gasteiger partial charge is 0.325 e. The van der Waals surface area contributed by atoms with Crippen molar-refractivity contribution in [3.05, 3.63) is 29.8 Å². The standard InChI is InChI=1S/C21H29N3OS/c1-14(22)23-13-26-12-20(25)24-19-4-2-18(3-5-19)21-9-15-6-16(10-21)8-17(7-15)11-21/h2-5,13-17H,6-12,22H2,1H3,(H,24,25). The van der Waals surface area contributed by atoms with Crippen molar-refractivity contribution >= 4 is 28.9 Å². The van der Waals surface area contributed by atoms with Crippen LogP contribution in [0.3, 0.4) is 0 Å². The number of nitrogens with one attached hydrogen (secondary N) is 1. The van der Waals surface area contributed by atoms with Crippen molar-refractivity contribution in [2.45, 2.75) is 57.0 Å². The van der Waals surface area contributed by atoms with E-state index in [1.165, 1.54) is 55.9 Å². The predicted octanol–water partition coefficient (Wildman–Crippen LogP) is 4.16. The van der Waals surface area contributed by atoms with Crippen LogP contribution in [0.5, 0.6) is 0 Å². The fraction of sp³-hybridized carbons (Fsp3) is 0.619. The average Bonchev–Trinajstić information content (AvgIpc) is 2.58. The molecule has 4 fully saturated rings. The third-order valence-electron chi connectivity index (χ3n) is 6.40. The highest BCUT2D eigenvalue weighted by atomic mass is 32.2. The summed E-state index contributed by atoms with van der Waals surface area (Å²) in [5, 5.41) is 2.98. The van der Waals surface area contributed by atoms with Gasteiger partial charge in [0, 0.05) is 5.69 Å². The third kappa shape index (κ3) is 3.84. The topological polar surface area (TPSA) is 67.5 Å². The van der Waals surface area contributed by atoms with Gasteiger partial charge in [-0.3, -0.25) is 9.79 Å².